The van der Waals surface area contributed by atoms with Gasteiger partial charge in [-0.1, -0.05) is 18.2 Å². The molecule has 0 saturated heterocycles. The molecule has 5 aromatic rings. The maximum Gasteiger partial charge on any atom is 0.291 e. The summed E-state index contributed by atoms with van der Waals surface area (Å²) in [5.74, 6) is 0.832. The Morgan fingerprint density at radius 2 is 1.71 bits per heavy atom. The number of amides is 1. The van der Waals surface area contributed by atoms with E-state index in [-0.39, 0.29) is 23.8 Å². The van der Waals surface area contributed by atoms with Crippen LogP contribution in [0.1, 0.15) is 16.3 Å². The first-order chi connectivity index (χ1) is 15.2. The van der Waals surface area contributed by atoms with Crippen molar-refractivity contribution in [3.8, 4) is 11.5 Å². The van der Waals surface area contributed by atoms with Gasteiger partial charge >= 0.3 is 0 Å². The van der Waals surface area contributed by atoms with E-state index in [2.05, 4.69) is 10.3 Å². The molecule has 0 unspecified atom stereocenters. The number of carbonyl (C=O) groups excluding carboxylic acids is 1. The standard InChI is InChI=1S/C24H17N3O4/c28-22-7-3-4-14-27(22)15-18-12-13-21(30-18)23(29)25-17-10-8-16(9-11-17)24-26-19-5-1-2-6-20(19)31-24/h1-14H,15H2,(H,25,29). The molecule has 5 rings (SSSR count). The molecule has 31 heavy (non-hydrogen) atoms. The molecule has 3 heterocycles. The summed E-state index contributed by atoms with van der Waals surface area (Å²) in [4.78, 5) is 28.8. The molecule has 0 saturated carbocycles. The van der Waals surface area contributed by atoms with Gasteiger partial charge in [0.05, 0.1) is 6.54 Å². The minimum atomic E-state index is -0.374. The van der Waals surface area contributed by atoms with Gasteiger partial charge in [-0.15, -0.1) is 0 Å². The van der Waals surface area contributed by atoms with Crippen LogP contribution < -0.4 is 10.9 Å². The van der Waals surface area contributed by atoms with Crippen LogP contribution in [0.15, 0.2) is 98.7 Å². The second kappa shape index (κ2) is 7.79. The molecule has 7 nitrogen and oxygen atoms in total. The van der Waals surface area contributed by atoms with Crippen molar-refractivity contribution in [3.63, 3.8) is 0 Å². The van der Waals surface area contributed by atoms with Gasteiger partial charge in [0.15, 0.2) is 11.3 Å². The molecule has 0 spiro atoms. The van der Waals surface area contributed by atoms with Crippen molar-refractivity contribution in [3.05, 3.63) is 107 Å². The van der Waals surface area contributed by atoms with E-state index in [1.165, 1.54) is 10.6 Å². The van der Waals surface area contributed by atoms with Crippen molar-refractivity contribution < 1.29 is 13.6 Å². The van der Waals surface area contributed by atoms with Gasteiger partial charge in [0.2, 0.25) is 5.89 Å². The highest BCUT2D eigenvalue weighted by atomic mass is 16.4. The minimum absolute atomic E-state index is 0.135. The lowest BCUT2D eigenvalue weighted by Gasteiger charge is -2.04. The van der Waals surface area contributed by atoms with Gasteiger partial charge in [-0.2, -0.15) is 0 Å². The molecule has 0 atom stereocenters. The summed E-state index contributed by atoms with van der Waals surface area (Å²) in [7, 11) is 0. The zero-order valence-corrected chi connectivity index (χ0v) is 16.3. The maximum absolute atomic E-state index is 12.5. The molecule has 2 aromatic carbocycles. The first-order valence-corrected chi connectivity index (χ1v) is 9.67. The SMILES string of the molecule is O=C(Nc1ccc(-c2nc3ccccc3o2)cc1)c1ccc(Cn2ccccc2=O)o1. The molecule has 0 radical (unpaired) electrons. The molecule has 1 N–H and O–H groups in total. The molecular weight excluding hydrogens is 394 g/mol. The predicted octanol–water partition coefficient (Wildman–Crippen LogP) is 4.55. The van der Waals surface area contributed by atoms with E-state index in [0.717, 1.165) is 16.7 Å². The summed E-state index contributed by atoms with van der Waals surface area (Å²) in [6, 6.07) is 23.0. The summed E-state index contributed by atoms with van der Waals surface area (Å²) < 4.78 is 12.9. The fourth-order valence-corrected chi connectivity index (χ4v) is 3.23. The van der Waals surface area contributed by atoms with Crippen LogP contribution in [0.25, 0.3) is 22.6 Å². The van der Waals surface area contributed by atoms with E-state index >= 15 is 0 Å². The number of pyridine rings is 1. The largest absolute Gasteiger partial charge is 0.454 e. The topological polar surface area (TPSA) is 90.3 Å². The smallest absolute Gasteiger partial charge is 0.291 e. The first-order valence-electron chi connectivity index (χ1n) is 9.67. The summed E-state index contributed by atoms with van der Waals surface area (Å²) in [5.41, 5.74) is 2.80. The minimum Gasteiger partial charge on any atom is -0.454 e. The van der Waals surface area contributed by atoms with Crippen molar-refractivity contribution in [1.29, 1.82) is 0 Å². The Balaban J connectivity index is 1.28. The fraction of sp³-hybridized carbons (Fsp3) is 0.0417. The van der Waals surface area contributed by atoms with Crippen molar-refractivity contribution in [2.45, 2.75) is 6.54 Å². The molecule has 7 heteroatoms. The van der Waals surface area contributed by atoms with E-state index in [1.807, 2.05) is 36.4 Å². The third kappa shape index (κ3) is 3.89. The lowest BCUT2D eigenvalue weighted by atomic mass is 10.2. The number of fused-ring (bicyclic) bond motifs is 1. The number of oxazole rings is 1. The molecule has 0 aliphatic heterocycles. The van der Waals surface area contributed by atoms with Gasteiger partial charge in [0.1, 0.15) is 11.3 Å². The number of hydrogen-bond acceptors (Lipinski definition) is 5. The monoisotopic (exact) mass is 411 g/mol. The molecule has 1 amide bonds. The second-order valence-electron chi connectivity index (χ2n) is 6.95. The average molecular weight is 411 g/mol. The van der Waals surface area contributed by atoms with Gasteiger partial charge < -0.3 is 18.7 Å². The van der Waals surface area contributed by atoms with Gasteiger partial charge in [-0.05, 0) is 54.6 Å². The van der Waals surface area contributed by atoms with Crippen molar-refractivity contribution in [2.75, 3.05) is 5.32 Å². The summed E-state index contributed by atoms with van der Waals surface area (Å²) in [6.07, 6.45) is 1.67. The van der Waals surface area contributed by atoms with Crippen molar-refractivity contribution >= 4 is 22.7 Å². The number of furan rings is 1. The number of para-hydroxylation sites is 2. The van der Waals surface area contributed by atoms with Gasteiger partial charge in [-0.3, -0.25) is 9.59 Å². The number of rotatable bonds is 5. The van der Waals surface area contributed by atoms with E-state index < -0.39 is 0 Å². The number of benzene rings is 2. The van der Waals surface area contributed by atoms with Crippen LogP contribution in [0.5, 0.6) is 0 Å². The number of carbonyl (C=O) groups is 1. The van der Waals surface area contributed by atoms with Gasteiger partial charge in [0.25, 0.3) is 11.5 Å². The third-order valence-electron chi connectivity index (χ3n) is 4.79. The number of aromatic nitrogens is 2. The Bertz CT molecular complexity index is 1390. The number of nitrogens with zero attached hydrogens (tertiary/aromatic N) is 2. The highest BCUT2D eigenvalue weighted by Gasteiger charge is 2.13. The van der Waals surface area contributed by atoms with Crippen LogP contribution in [-0.2, 0) is 6.54 Å². The zero-order valence-electron chi connectivity index (χ0n) is 16.3. The van der Waals surface area contributed by atoms with Gasteiger partial charge in [-0.25, -0.2) is 4.98 Å². The molecule has 0 fully saturated rings. The Kier molecular flexibility index (Phi) is 4.68. The Morgan fingerprint density at radius 1 is 0.903 bits per heavy atom. The normalized spacial score (nSPS) is 11.0. The number of nitrogens with one attached hydrogen (secondary N) is 1. The average Bonchev–Trinajstić information content (AvgIpc) is 3.43. The van der Waals surface area contributed by atoms with Crippen LogP contribution in [-0.4, -0.2) is 15.5 Å². The molecule has 152 valence electrons. The molecular formula is C24H17N3O4. The van der Waals surface area contributed by atoms with Crippen molar-refractivity contribution in [2.24, 2.45) is 0 Å². The molecule has 0 aliphatic carbocycles. The summed E-state index contributed by atoms with van der Waals surface area (Å²) >= 11 is 0. The first kappa shape index (κ1) is 18.6. The third-order valence-corrected chi connectivity index (χ3v) is 4.79. The van der Waals surface area contributed by atoms with Gasteiger partial charge in [0, 0.05) is 23.5 Å². The van der Waals surface area contributed by atoms with Crippen LogP contribution >= 0.6 is 0 Å². The Labute approximate surface area is 176 Å². The predicted molar refractivity (Wildman–Crippen MR) is 116 cm³/mol. The summed E-state index contributed by atoms with van der Waals surface area (Å²) in [5, 5.41) is 2.80. The number of hydrogen-bond donors (Lipinski definition) is 1. The van der Waals surface area contributed by atoms with Crippen LogP contribution in [0.2, 0.25) is 0 Å². The van der Waals surface area contributed by atoms with Crippen LogP contribution in [0.4, 0.5) is 5.69 Å². The van der Waals surface area contributed by atoms with E-state index in [4.69, 9.17) is 8.83 Å². The van der Waals surface area contributed by atoms with Crippen LogP contribution in [0.3, 0.4) is 0 Å². The second-order valence-corrected chi connectivity index (χ2v) is 6.95. The summed E-state index contributed by atoms with van der Waals surface area (Å²) in [6.45, 7) is 0.256. The Hall–Kier alpha value is -4.39. The zero-order chi connectivity index (χ0) is 21.2. The highest BCUT2D eigenvalue weighted by Crippen LogP contribution is 2.25. The maximum atomic E-state index is 12.5. The quantitative estimate of drug-likeness (QED) is 0.458. The van der Waals surface area contributed by atoms with E-state index in [0.29, 0.717) is 17.3 Å². The number of anilines is 1. The fourth-order valence-electron chi connectivity index (χ4n) is 3.23. The Morgan fingerprint density at radius 3 is 2.52 bits per heavy atom. The van der Waals surface area contributed by atoms with Crippen molar-refractivity contribution in [1.82, 2.24) is 9.55 Å². The highest BCUT2D eigenvalue weighted by molar-refractivity contribution is 6.02. The molecule has 0 bridgehead atoms. The molecule has 0 aliphatic rings. The van der Waals surface area contributed by atoms with Crippen LogP contribution in [0, 0.1) is 0 Å². The van der Waals surface area contributed by atoms with E-state index in [1.54, 1.807) is 42.6 Å². The lowest BCUT2D eigenvalue weighted by molar-refractivity contribution is 0.0994. The molecule has 3 aromatic heterocycles. The lowest BCUT2D eigenvalue weighted by Crippen LogP contribution is -2.18. The van der Waals surface area contributed by atoms with E-state index in [9.17, 15) is 9.59 Å².